The molecule has 0 bridgehead atoms. The van der Waals surface area contributed by atoms with Crippen LogP contribution in [0, 0.1) is 18.8 Å². The van der Waals surface area contributed by atoms with Crippen LogP contribution in [-0.4, -0.2) is 29.0 Å². The normalized spacial score (nSPS) is 24.4. The number of ether oxygens (including phenoxy) is 1. The van der Waals surface area contributed by atoms with Crippen molar-refractivity contribution in [2.75, 3.05) is 4.90 Å². The van der Waals surface area contributed by atoms with Crippen LogP contribution in [0.5, 0.6) is 0 Å². The third kappa shape index (κ3) is 2.88. The van der Waals surface area contributed by atoms with Crippen LogP contribution in [0.1, 0.15) is 37.9 Å². The second-order valence-corrected chi connectivity index (χ2v) is 9.82. The fourth-order valence-electron chi connectivity index (χ4n) is 5.46. The lowest BCUT2D eigenvalue weighted by molar-refractivity contribution is -0.127. The van der Waals surface area contributed by atoms with Gasteiger partial charge in [0.1, 0.15) is 0 Å². The summed E-state index contributed by atoms with van der Waals surface area (Å²) in [6.07, 6.45) is -1.05. The Kier molecular flexibility index (Phi) is 4.81. The predicted molar refractivity (Wildman–Crippen MR) is 129 cm³/mol. The van der Waals surface area contributed by atoms with Gasteiger partial charge in [-0.1, -0.05) is 71.2 Å². The highest BCUT2D eigenvalue weighted by Gasteiger charge is 2.74. The summed E-state index contributed by atoms with van der Waals surface area (Å²) in [5, 5.41) is 0.528. The minimum Gasteiger partial charge on any atom is -0.349 e. The molecular formula is C27H17Cl2NO5. The molecular weight excluding hydrogens is 489 g/mol. The smallest absolute Gasteiger partial charge is 0.241 e. The van der Waals surface area contributed by atoms with E-state index < -0.39 is 46.9 Å². The molecule has 2 saturated heterocycles. The Balaban J connectivity index is 1.55. The number of benzene rings is 3. The third-order valence-corrected chi connectivity index (χ3v) is 7.82. The molecule has 8 heteroatoms. The number of nitrogens with zero attached hydrogens (tertiary/aromatic N) is 1. The minimum absolute atomic E-state index is 0.181. The van der Waals surface area contributed by atoms with Gasteiger partial charge in [-0.2, -0.15) is 0 Å². The molecule has 3 aromatic carbocycles. The van der Waals surface area contributed by atoms with E-state index in [-0.39, 0.29) is 16.1 Å². The van der Waals surface area contributed by atoms with Gasteiger partial charge in [0.2, 0.25) is 29.0 Å². The monoisotopic (exact) mass is 505 g/mol. The number of anilines is 1. The van der Waals surface area contributed by atoms with Gasteiger partial charge in [0.25, 0.3) is 0 Å². The van der Waals surface area contributed by atoms with Crippen LogP contribution in [0.3, 0.4) is 0 Å². The van der Waals surface area contributed by atoms with Crippen LogP contribution in [0.4, 0.5) is 5.69 Å². The van der Waals surface area contributed by atoms with Gasteiger partial charge < -0.3 is 4.74 Å². The van der Waals surface area contributed by atoms with Crippen molar-refractivity contribution in [2.24, 2.45) is 11.8 Å². The SMILES string of the molecule is Cc1ccc(N2C(=O)[C@@H]3[C@@H](c4ccc(Cl)c(Cl)c4)OC4(C(=O)c5ccccc5C4=O)[C@@H]3C2=O)cc1. The van der Waals surface area contributed by atoms with Crippen molar-refractivity contribution >= 4 is 52.3 Å². The molecule has 1 aliphatic carbocycles. The van der Waals surface area contributed by atoms with E-state index >= 15 is 0 Å². The predicted octanol–water partition coefficient (Wildman–Crippen LogP) is 5.00. The zero-order valence-corrected chi connectivity index (χ0v) is 19.8. The van der Waals surface area contributed by atoms with Gasteiger partial charge in [0.05, 0.1) is 33.7 Å². The van der Waals surface area contributed by atoms with Gasteiger partial charge in [-0.25, -0.2) is 4.90 Å². The topological polar surface area (TPSA) is 80.8 Å². The molecule has 2 fully saturated rings. The zero-order valence-electron chi connectivity index (χ0n) is 18.3. The summed E-state index contributed by atoms with van der Waals surface area (Å²) in [5.41, 5.74) is 0.0172. The average Bonchev–Trinajstić information content (AvgIpc) is 3.42. The van der Waals surface area contributed by atoms with Crippen LogP contribution >= 0.6 is 23.2 Å². The Morgan fingerprint density at radius 1 is 0.800 bits per heavy atom. The van der Waals surface area contributed by atoms with Gasteiger partial charge in [0, 0.05) is 11.1 Å². The molecule has 3 aromatic rings. The molecule has 0 saturated carbocycles. The van der Waals surface area contributed by atoms with E-state index in [1.807, 2.05) is 6.92 Å². The fourth-order valence-corrected chi connectivity index (χ4v) is 5.76. The van der Waals surface area contributed by atoms with E-state index in [9.17, 15) is 19.2 Å². The first-order chi connectivity index (χ1) is 16.8. The summed E-state index contributed by atoms with van der Waals surface area (Å²) in [5.74, 6) is -4.80. The second-order valence-electron chi connectivity index (χ2n) is 9.00. The highest BCUT2D eigenvalue weighted by atomic mass is 35.5. The van der Waals surface area contributed by atoms with Gasteiger partial charge in [0.15, 0.2) is 0 Å². The molecule has 2 aliphatic heterocycles. The number of carbonyl (C=O) groups is 4. The molecule has 2 heterocycles. The first kappa shape index (κ1) is 22.2. The number of ketones is 2. The van der Waals surface area contributed by atoms with E-state index in [0.29, 0.717) is 16.3 Å². The molecule has 35 heavy (non-hydrogen) atoms. The maximum absolute atomic E-state index is 13.9. The third-order valence-electron chi connectivity index (χ3n) is 7.08. The average molecular weight is 506 g/mol. The van der Waals surface area contributed by atoms with E-state index in [0.717, 1.165) is 10.5 Å². The maximum atomic E-state index is 13.9. The molecule has 0 N–H and O–H groups in total. The van der Waals surface area contributed by atoms with Crippen LogP contribution in [0.25, 0.3) is 0 Å². The second kappa shape index (κ2) is 7.59. The zero-order chi connectivity index (χ0) is 24.6. The molecule has 3 aliphatic rings. The van der Waals surface area contributed by atoms with Crippen molar-refractivity contribution in [3.8, 4) is 0 Å². The number of hydrogen-bond donors (Lipinski definition) is 0. The molecule has 174 valence electrons. The van der Waals surface area contributed by atoms with Crippen molar-refractivity contribution in [1.29, 1.82) is 0 Å². The fraction of sp³-hybridized carbons (Fsp3) is 0.185. The molecule has 0 aromatic heterocycles. The summed E-state index contributed by atoms with van der Waals surface area (Å²) < 4.78 is 6.24. The van der Waals surface area contributed by atoms with Gasteiger partial charge in [-0.15, -0.1) is 0 Å². The molecule has 0 radical (unpaired) electrons. The van der Waals surface area contributed by atoms with E-state index in [1.54, 1.807) is 48.5 Å². The number of imide groups is 1. The number of Topliss-reactive ketones (excluding diaryl/α,β-unsaturated/α-hetero) is 2. The van der Waals surface area contributed by atoms with Crippen molar-refractivity contribution in [1.82, 2.24) is 0 Å². The summed E-state index contributed by atoms with van der Waals surface area (Å²) >= 11 is 12.3. The van der Waals surface area contributed by atoms with E-state index in [2.05, 4.69) is 0 Å². The Bertz CT molecular complexity index is 1430. The lowest BCUT2D eigenvalue weighted by atomic mass is 9.77. The Labute approximate surface area is 210 Å². The summed E-state index contributed by atoms with van der Waals surface area (Å²) in [4.78, 5) is 56.2. The van der Waals surface area contributed by atoms with Crippen LogP contribution in [-0.2, 0) is 14.3 Å². The quantitative estimate of drug-likeness (QED) is 0.361. The maximum Gasteiger partial charge on any atom is 0.241 e. The number of halogens is 2. The van der Waals surface area contributed by atoms with Gasteiger partial charge in [-0.3, -0.25) is 19.2 Å². The van der Waals surface area contributed by atoms with Crippen LogP contribution in [0.2, 0.25) is 10.0 Å². The number of amides is 2. The van der Waals surface area contributed by atoms with Crippen molar-refractivity contribution < 1.29 is 23.9 Å². The molecule has 6 nitrogen and oxygen atoms in total. The minimum atomic E-state index is -2.13. The summed E-state index contributed by atoms with van der Waals surface area (Å²) in [7, 11) is 0. The number of fused-ring (bicyclic) bond motifs is 3. The van der Waals surface area contributed by atoms with Crippen molar-refractivity contribution in [3.05, 3.63) is 99.0 Å². The first-order valence-corrected chi connectivity index (χ1v) is 11.8. The molecule has 2 amide bonds. The standard InChI is InChI=1S/C27H17Cl2NO5/c1-13-6-9-15(10-7-13)30-25(33)20-21(26(30)34)27(23(31)16-4-2-3-5-17(16)24(27)32)35-22(20)14-8-11-18(28)19(29)12-14/h2-12,20-22H,1H3/t20-,21-,22+/m0/s1. The lowest BCUT2D eigenvalue weighted by Crippen LogP contribution is -2.51. The van der Waals surface area contributed by atoms with Crippen molar-refractivity contribution in [2.45, 2.75) is 18.6 Å². The Hall–Kier alpha value is -3.32. The number of hydrogen-bond acceptors (Lipinski definition) is 5. The number of carbonyl (C=O) groups excluding carboxylic acids is 4. The van der Waals surface area contributed by atoms with Crippen molar-refractivity contribution in [3.63, 3.8) is 0 Å². The molecule has 3 atom stereocenters. The highest BCUT2D eigenvalue weighted by Crippen LogP contribution is 2.58. The molecule has 1 spiro atoms. The molecule has 0 unspecified atom stereocenters. The largest absolute Gasteiger partial charge is 0.349 e. The van der Waals surface area contributed by atoms with Gasteiger partial charge in [-0.05, 0) is 36.8 Å². The lowest BCUT2D eigenvalue weighted by Gasteiger charge is -2.27. The number of rotatable bonds is 2. The molecule has 6 rings (SSSR count). The summed E-state index contributed by atoms with van der Waals surface area (Å²) in [6.45, 7) is 1.89. The Morgan fingerprint density at radius 2 is 1.43 bits per heavy atom. The van der Waals surface area contributed by atoms with Gasteiger partial charge >= 0.3 is 0 Å². The Morgan fingerprint density at radius 3 is 2.03 bits per heavy atom. The highest BCUT2D eigenvalue weighted by molar-refractivity contribution is 6.42. The van der Waals surface area contributed by atoms with Crippen LogP contribution < -0.4 is 4.90 Å². The van der Waals surface area contributed by atoms with Crippen LogP contribution in [0.15, 0.2) is 66.7 Å². The first-order valence-electron chi connectivity index (χ1n) is 11.0. The number of aryl methyl sites for hydroxylation is 1. The van der Waals surface area contributed by atoms with E-state index in [4.69, 9.17) is 27.9 Å². The summed E-state index contributed by atoms with van der Waals surface area (Å²) in [6, 6.07) is 18.0. The van der Waals surface area contributed by atoms with E-state index in [1.165, 1.54) is 18.2 Å².